The van der Waals surface area contributed by atoms with E-state index < -0.39 is 35.8 Å². The Labute approximate surface area is 209 Å². The maximum atomic E-state index is 12.2. The minimum absolute atomic E-state index is 0.0803. The molecule has 10 nitrogen and oxygen atoms in total. The maximum absolute atomic E-state index is 12.2. The third kappa shape index (κ3) is 8.47. The molecule has 0 spiro atoms. The summed E-state index contributed by atoms with van der Waals surface area (Å²) >= 11 is 0. The van der Waals surface area contributed by atoms with E-state index in [1.807, 2.05) is 13.8 Å². The Morgan fingerprint density at radius 1 is 0.611 bits per heavy atom. The molecule has 0 amide bonds. The largest absolute Gasteiger partial charge is 0.519 e. The lowest BCUT2D eigenvalue weighted by atomic mass is 10.1. The first kappa shape index (κ1) is 28.5. The molecule has 2 aromatic carbocycles. The Hall–Kier alpha value is -3.76. The first-order valence-electron chi connectivity index (χ1n) is 11.3. The zero-order valence-electron chi connectivity index (χ0n) is 21.1. The lowest BCUT2D eigenvalue weighted by Gasteiger charge is -2.32. The highest BCUT2D eigenvalue weighted by Crippen LogP contribution is 2.26. The number of carbonyl (C=O) groups is 4. The predicted molar refractivity (Wildman–Crippen MR) is 126 cm³/mol. The van der Waals surface area contributed by atoms with Gasteiger partial charge in [0, 0.05) is 26.7 Å². The fourth-order valence-corrected chi connectivity index (χ4v) is 2.52. The van der Waals surface area contributed by atoms with Gasteiger partial charge in [-0.3, -0.25) is 0 Å². The molecular formula is C26H30O10. The van der Waals surface area contributed by atoms with Crippen LogP contribution in [0.1, 0.15) is 72.4 Å². The van der Waals surface area contributed by atoms with Crippen molar-refractivity contribution in [3.63, 3.8) is 0 Å². The third-order valence-corrected chi connectivity index (χ3v) is 5.20. The van der Waals surface area contributed by atoms with Gasteiger partial charge in [0.2, 0.25) is 11.6 Å². The number of hydrogen-bond acceptors (Lipinski definition) is 10. The van der Waals surface area contributed by atoms with E-state index in [9.17, 15) is 19.2 Å². The van der Waals surface area contributed by atoms with Crippen LogP contribution < -0.4 is 0 Å². The molecule has 10 heteroatoms. The molecule has 36 heavy (non-hydrogen) atoms. The summed E-state index contributed by atoms with van der Waals surface area (Å²) in [5.74, 6) is -5.21. The molecule has 0 aliphatic rings. The van der Waals surface area contributed by atoms with Gasteiger partial charge in [-0.25, -0.2) is 19.2 Å². The third-order valence-electron chi connectivity index (χ3n) is 5.20. The monoisotopic (exact) mass is 502 g/mol. The van der Waals surface area contributed by atoms with Gasteiger partial charge >= 0.3 is 24.2 Å². The molecule has 0 aliphatic carbocycles. The summed E-state index contributed by atoms with van der Waals surface area (Å²) in [6.45, 7) is 9.67. The number of carbonyl (C=O) groups excluding carboxylic acids is 4. The van der Waals surface area contributed by atoms with Crippen LogP contribution in [0.5, 0.6) is 0 Å². The van der Waals surface area contributed by atoms with E-state index >= 15 is 0 Å². The van der Waals surface area contributed by atoms with Crippen molar-refractivity contribution in [3.8, 4) is 0 Å². The van der Waals surface area contributed by atoms with Crippen LogP contribution in [0.3, 0.4) is 0 Å². The molecule has 0 aliphatic heterocycles. The molecule has 0 aromatic heterocycles. The average molecular weight is 503 g/mol. The van der Waals surface area contributed by atoms with E-state index in [2.05, 4.69) is 0 Å². The molecular weight excluding hydrogens is 472 g/mol. The van der Waals surface area contributed by atoms with E-state index in [4.69, 9.17) is 28.7 Å². The first-order valence-corrected chi connectivity index (χ1v) is 11.3. The van der Waals surface area contributed by atoms with Crippen molar-refractivity contribution in [2.24, 2.45) is 0 Å². The van der Waals surface area contributed by atoms with Gasteiger partial charge in [-0.1, -0.05) is 49.2 Å². The highest BCUT2D eigenvalue weighted by atomic mass is 17.3. The van der Waals surface area contributed by atoms with Gasteiger partial charge in [-0.15, -0.1) is 0 Å². The lowest BCUT2D eigenvalue weighted by Crippen LogP contribution is -2.42. The summed E-state index contributed by atoms with van der Waals surface area (Å²) in [6.07, 6.45) is -2.46. The van der Waals surface area contributed by atoms with E-state index in [0.29, 0.717) is 0 Å². The summed E-state index contributed by atoms with van der Waals surface area (Å²) in [6, 6.07) is 12.8. The zero-order chi connectivity index (χ0) is 26.9. The van der Waals surface area contributed by atoms with Crippen LogP contribution in [0.4, 0.5) is 9.59 Å². The Balaban J connectivity index is 1.93. The Kier molecular flexibility index (Phi) is 9.71. The second-order valence-corrected chi connectivity index (χ2v) is 8.36. The van der Waals surface area contributed by atoms with Crippen LogP contribution in [0.15, 0.2) is 48.5 Å². The standard InChI is InChI=1S/C26H30O10/c1-7-25(5,33-23(29)31-21(27)19-13-9-17(3)10-14-19)35-36-26(6,8-2)34-24(30)32-22(28)20-15-11-18(4)12-16-20/h9-16H,7-8H2,1-6H3. The number of esters is 2. The molecule has 0 bridgehead atoms. The smallest absolute Gasteiger partial charge is 0.399 e. The molecule has 0 saturated carbocycles. The van der Waals surface area contributed by atoms with Crippen molar-refractivity contribution < 1.29 is 47.9 Å². The molecule has 2 unspecified atom stereocenters. The zero-order valence-corrected chi connectivity index (χ0v) is 21.1. The van der Waals surface area contributed by atoms with E-state index in [0.717, 1.165) is 11.1 Å². The van der Waals surface area contributed by atoms with Crippen molar-refractivity contribution in [2.75, 3.05) is 0 Å². The fourth-order valence-electron chi connectivity index (χ4n) is 2.52. The van der Waals surface area contributed by atoms with Crippen molar-refractivity contribution >= 4 is 24.2 Å². The molecule has 0 heterocycles. The van der Waals surface area contributed by atoms with E-state index in [-0.39, 0.29) is 24.0 Å². The second kappa shape index (κ2) is 12.3. The quantitative estimate of drug-likeness (QED) is 0.137. The maximum Gasteiger partial charge on any atom is 0.519 e. The number of hydrogen-bond donors (Lipinski definition) is 0. The van der Waals surface area contributed by atoms with Crippen LogP contribution >= 0.6 is 0 Å². The lowest BCUT2D eigenvalue weighted by molar-refractivity contribution is -0.484. The van der Waals surface area contributed by atoms with Crippen molar-refractivity contribution in [3.05, 3.63) is 70.8 Å². The molecule has 0 radical (unpaired) electrons. The average Bonchev–Trinajstić information content (AvgIpc) is 2.83. The van der Waals surface area contributed by atoms with Gasteiger partial charge in [-0.05, 0) is 38.1 Å². The molecule has 0 saturated heterocycles. The van der Waals surface area contributed by atoms with Gasteiger partial charge in [0.1, 0.15) is 0 Å². The van der Waals surface area contributed by atoms with Gasteiger partial charge in [-0.2, -0.15) is 9.78 Å². The Bertz CT molecular complexity index is 989. The highest BCUT2D eigenvalue weighted by Gasteiger charge is 2.38. The Morgan fingerprint density at radius 3 is 1.19 bits per heavy atom. The SMILES string of the molecule is CCC(C)(OOC(C)(CC)OC(=O)OC(=O)c1ccc(C)cc1)OC(=O)OC(=O)c1ccc(C)cc1. The molecule has 2 aromatic rings. The van der Waals surface area contributed by atoms with Gasteiger partial charge < -0.3 is 18.9 Å². The normalized spacial score (nSPS) is 14.1. The minimum atomic E-state index is -1.70. The van der Waals surface area contributed by atoms with Crippen LogP contribution in [-0.4, -0.2) is 35.8 Å². The van der Waals surface area contributed by atoms with Gasteiger partial charge in [0.05, 0.1) is 11.1 Å². The summed E-state index contributed by atoms with van der Waals surface area (Å²) in [5.41, 5.74) is 2.20. The van der Waals surface area contributed by atoms with E-state index in [1.165, 1.54) is 38.1 Å². The molecule has 0 fully saturated rings. The molecule has 2 rings (SSSR count). The van der Waals surface area contributed by atoms with Crippen LogP contribution in [-0.2, 0) is 28.7 Å². The summed E-state index contributed by atoms with van der Waals surface area (Å²) < 4.78 is 19.7. The Morgan fingerprint density at radius 2 is 0.917 bits per heavy atom. The van der Waals surface area contributed by atoms with Crippen molar-refractivity contribution in [1.29, 1.82) is 0 Å². The van der Waals surface area contributed by atoms with Crippen molar-refractivity contribution in [2.45, 2.75) is 66.0 Å². The highest BCUT2D eigenvalue weighted by molar-refractivity contribution is 5.95. The summed E-state index contributed by atoms with van der Waals surface area (Å²) in [7, 11) is 0. The first-order chi connectivity index (χ1) is 16.9. The second-order valence-electron chi connectivity index (χ2n) is 8.36. The van der Waals surface area contributed by atoms with Crippen LogP contribution in [0, 0.1) is 13.8 Å². The predicted octanol–water partition coefficient (Wildman–Crippen LogP) is 5.79. The number of aryl methyl sites for hydroxylation is 2. The van der Waals surface area contributed by atoms with E-state index in [1.54, 1.807) is 38.1 Å². The fraction of sp³-hybridized carbons (Fsp3) is 0.385. The topological polar surface area (TPSA) is 124 Å². The van der Waals surface area contributed by atoms with Crippen molar-refractivity contribution in [1.82, 2.24) is 0 Å². The van der Waals surface area contributed by atoms with Gasteiger partial charge in [0.15, 0.2) is 0 Å². The van der Waals surface area contributed by atoms with Crippen LogP contribution in [0.2, 0.25) is 0 Å². The number of benzene rings is 2. The van der Waals surface area contributed by atoms with Crippen LogP contribution in [0.25, 0.3) is 0 Å². The molecule has 0 N–H and O–H groups in total. The summed E-state index contributed by atoms with van der Waals surface area (Å²) in [5, 5.41) is 0. The number of ether oxygens (including phenoxy) is 4. The van der Waals surface area contributed by atoms with Gasteiger partial charge in [0.25, 0.3) is 0 Å². The molecule has 194 valence electrons. The molecule has 2 atom stereocenters. The minimum Gasteiger partial charge on any atom is -0.399 e. The summed E-state index contributed by atoms with van der Waals surface area (Å²) in [4.78, 5) is 59.1. The number of rotatable bonds is 9.